The number of Topliss-reactive ketones (excluding diaryl/α,β-unsaturated/α-hetero) is 1. The van der Waals surface area contributed by atoms with Gasteiger partial charge < -0.3 is 15.0 Å². The Morgan fingerprint density at radius 3 is 2.24 bits per heavy atom. The lowest BCUT2D eigenvalue weighted by Crippen LogP contribution is -2.41. The van der Waals surface area contributed by atoms with Crippen LogP contribution >= 0.6 is 0 Å². The number of ether oxygens (including phenoxy) is 1. The molecule has 2 aromatic rings. The first kappa shape index (κ1) is 18.8. The van der Waals surface area contributed by atoms with Gasteiger partial charge >= 0.3 is 0 Å². The molecular formula is C21H19N3O5. The molecule has 8 nitrogen and oxygen atoms in total. The van der Waals surface area contributed by atoms with Gasteiger partial charge in [0.05, 0.1) is 30.8 Å². The first-order chi connectivity index (χ1) is 14.0. The van der Waals surface area contributed by atoms with Crippen LogP contribution in [0.1, 0.15) is 20.7 Å². The number of ketones is 1. The van der Waals surface area contributed by atoms with Gasteiger partial charge in [0.1, 0.15) is 6.61 Å². The number of morpholine rings is 1. The van der Waals surface area contributed by atoms with Gasteiger partial charge in [-0.2, -0.15) is 0 Å². The van der Waals surface area contributed by atoms with Crippen LogP contribution in [0, 0.1) is 0 Å². The lowest BCUT2D eigenvalue weighted by atomic mass is 10.1. The van der Waals surface area contributed by atoms with Crippen LogP contribution in [-0.4, -0.2) is 61.3 Å². The smallest absolute Gasteiger partial charge is 0.261 e. The van der Waals surface area contributed by atoms with E-state index in [1.165, 1.54) is 0 Å². The van der Waals surface area contributed by atoms with Crippen LogP contribution in [0.3, 0.4) is 0 Å². The van der Waals surface area contributed by atoms with Crippen LogP contribution in [-0.2, 0) is 14.3 Å². The molecule has 0 atom stereocenters. The fourth-order valence-electron chi connectivity index (χ4n) is 3.37. The molecular weight excluding hydrogens is 374 g/mol. The van der Waals surface area contributed by atoms with Crippen molar-refractivity contribution in [3.63, 3.8) is 0 Å². The molecule has 29 heavy (non-hydrogen) atoms. The Labute approximate surface area is 167 Å². The maximum Gasteiger partial charge on any atom is 0.261 e. The van der Waals surface area contributed by atoms with Gasteiger partial charge in [-0.25, -0.2) is 0 Å². The molecule has 148 valence electrons. The van der Waals surface area contributed by atoms with Gasteiger partial charge in [0.15, 0.2) is 5.78 Å². The number of benzene rings is 2. The van der Waals surface area contributed by atoms with E-state index in [0.717, 1.165) is 10.6 Å². The number of imide groups is 1. The number of carbonyl (C=O) groups excluding carboxylic acids is 4. The van der Waals surface area contributed by atoms with E-state index >= 15 is 0 Å². The minimum Gasteiger partial charge on any atom is -0.378 e. The molecule has 0 spiro atoms. The van der Waals surface area contributed by atoms with Crippen LogP contribution in [0.15, 0.2) is 48.5 Å². The molecule has 3 amide bonds. The second-order valence-corrected chi connectivity index (χ2v) is 6.78. The number of hydrogen-bond acceptors (Lipinski definition) is 6. The summed E-state index contributed by atoms with van der Waals surface area (Å²) in [6, 6.07) is 13.7. The van der Waals surface area contributed by atoms with Crippen molar-refractivity contribution in [2.75, 3.05) is 43.1 Å². The van der Waals surface area contributed by atoms with E-state index in [1.807, 2.05) is 0 Å². The molecule has 2 aliphatic heterocycles. The van der Waals surface area contributed by atoms with Gasteiger partial charge in [0.2, 0.25) is 0 Å². The van der Waals surface area contributed by atoms with E-state index in [-0.39, 0.29) is 31.4 Å². The summed E-state index contributed by atoms with van der Waals surface area (Å²) < 4.78 is 5.12. The molecule has 0 aromatic heterocycles. The van der Waals surface area contributed by atoms with Gasteiger partial charge in [0.25, 0.3) is 17.7 Å². The van der Waals surface area contributed by atoms with Crippen molar-refractivity contribution in [1.29, 1.82) is 0 Å². The average molecular weight is 393 g/mol. The van der Waals surface area contributed by atoms with E-state index in [1.54, 1.807) is 53.4 Å². The molecule has 0 unspecified atom stereocenters. The summed E-state index contributed by atoms with van der Waals surface area (Å²) in [5.74, 6) is -1.27. The molecule has 8 heteroatoms. The van der Waals surface area contributed by atoms with Crippen molar-refractivity contribution in [1.82, 2.24) is 4.90 Å². The Hall–Kier alpha value is -3.52. The van der Waals surface area contributed by atoms with Crippen LogP contribution < -0.4 is 10.2 Å². The van der Waals surface area contributed by atoms with Crippen molar-refractivity contribution in [2.45, 2.75) is 0 Å². The summed E-state index contributed by atoms with van der Waals surface area (Å²) in [6.45, 7) is 0.775. The van der Waals surface area contributed by atoms with Crippen LogP contribution in [0.25, 0.3) is 0 Å². The number of carbonyl (C=O) groups is 4. The van der Waals surface area contributed by atoms with Gasteiger partial charge in [-0.1, -0.05) is 12.1 Å². The Morgan fingerprint density at radius 1 is 0.966 bits per heavy atom. The van der Waals surface area contributed by atoms with Gasteiger partial charge in [-0.3, -0.25) is 24.1 Å². The molecule has 2 aliphatic rings. The van der Waals surface area contributed by atoms with E-state index in [2.05, 4.69) is 5.32 Å². The third-order valence-electron chi connectivity index (χ3n) is 4.87. The largest absolute Gasteiger partial charge is 0.378 e. The molecule has 0 saturated carbocycles. The molecule has 1 saturated heterocycles. The third kappa shape index (κ3) is 3.74. The number of hydrogen-bond donors (Lipinski definition) is 1. The average Bonchev–Trinajstić information content (AvgIpc) is 2.98. The zero-order valence-corrected chi connectivity index (χ0v) is 15.6. The van der Waals surface area contributed by atoms with E-state index in [0.29, 0.717) is 30.0 Å². The fraction of sp³-hybridized carbons (Fsp3) is 0.238. The topological polar surface area (TPSA) is 96.0 Å². The quantitative estimate of drug-likeness (QED) is 0.744. The van der Waals surface area contributed by atoms with Gasteiger partial charge in [0, 0.05) is 17.9 Å². The van der Waals surface area contributed by atoms with Crippen molar-refractivity contribution < 1.29 is 23.9 Å². The van der Waals surface area contributed by atoms with Crippen molar-refractivity contribution >= 4 is 34.9 Å². The van der Waals surface area contributed by atoms with Gasteiger partial charge in [-0.15, -0.1) is 0 Å². The molecule has 4 rings (SSSR count). The number of nitrogens with zero attached hydrogens (tertiary/aromatic N) is 2. The van der Waals surface area contributed by atoms with E-state index in [4.69, 9.17) is 4.74 Å². The monoisotopic (exact) mass is 393 g/mol. The molecule has 0 bridgehead atoms. The summed E-state index contributed by atoms with van der Waals surface area (Å²) >= 11 is 0. The second kappa shape index (κ2) is 7.84. The molecule has 1 N–H and O–H groups in total. The number of anilines is 2. The summed E-state index contributed by atoms with van der Waals surface area (Å²) in [4.78, 5) is 51.4. The lowest BCUT2D eigenvalue weighted by Gasteiger charge is -2.27. The Balaban J connectivity index is 1.33. The number of rotatable bonds is 6. The standard InChI is InChI=1S/C21H19N3O5/c25-16(12-24-20(27)17-3-1-2-4-18(17)21(24)28)11-22-14-5-7-15(8-6-14)23-9-10-29-13-19(23)26/h1-8,22H,9-13H2. The van der Waals surface area contributed by atoms with Crippen LogP contribution in [0.5, 0.6) is 0 Å². The number of amides is 3. The molecule has 1 fully saturated rings. The molecule has 0 aliphatic carbocycles. The summed E-state index contributed by atoms with van der Waals surface area (Å²) in [5, 5.41) is 2.98. The maximum absolute atomic E-state index is 12.3. The van der Waals surface area contributed by atoms with Crippen LogP contribution in [0.2, 0.25) is 0 Å². The van der Waals surface area contributed by atoms with Crippen molar-refractivity contribution in [2.24, 2.45) is 0 Å². The first-order valence-electron chi connectivity index (χ1n) is 9.23. The highest BCUT2D eigenvalue weighted by Crippen LogP contribution is 2.22. The molecule has 0 radical (unpaired) electrons. The Morgan fingerprint density at radius 2 is 1.62 bits per heavy atom. The maximum atomic E-state index is 12.3. The van der Waals surface area contributed by atoms with Crippen molar-refractivity contribution in [3.8, 4) is 0 Å². The predicted octanol–water partition coefficient (Wildman–Crippen LogP) is 1.33. The summed E-state index contributed by atoms with van der Waals surface area (Å²) in [5.41, 5.74) is 2.12. The zero-order chi connectivity index (χ0) is 20.4. The third-order valence-corrected chi connectivity index (χ3v) is 4.87. The highest BCUT2D eigenvalue weighted by atomic mass is 16.5. The Kier molecular flexibility index (Phi) is 5.09. The fourth-order valence-corrected chi connectivity index (χ4v) is 3.37. The van der Waals surface area contributed by atoms with E-state index in [9.17, 15) is 19.2 Å². The number of fused-ring (bicyclic) bond motifs is 1. The minimum absolute atomic E-state index is 0.0246. The number of nitrogens with one attached hydrogen (secondary N) is 1. The highest BCUT2D eigenvalue weighted by molar-refractivity contribution is 6.22. The summed E-state index contributed by atoms with van der Waals surface area (Å²) in [7, 11) is 0. The first-order valence-corrected chi connectivity index (χ1v) is 9.23. The lowest BCUT2D eigenvalue weighted by molar-refractivity contribution is -0.125. The molecule has 2 aromatic carbocycles. The Bertz CT molecular complexity index is 951. The SMILES string of the molecule is O=C(CNc1ccc(N2CCOCC2=O)cc1)CN1C(=O)c2ccccc2C1=O. The highest BCUT2D eigenvalue weighted by Gasteiger charge is 2.36. The summed E-state index contributed by atoms with van der Waals surface area (Å²) in [6.07, 6.45) is 0. The second-order valence-electron chi connectivity index (χ2n) is 6.78. The normalized spacial score (nSPS) is 16.2. The van der Waals surface area contributed by atoms with Crippen molar-refractivity contribution in [3.05, 3.63) is 59.7 Å². The van der Waals surface area contributed by atoms with Gasteiger partial charge in [-0.05, 0) is 36.4 Å². The zero-order valence-electron chi connectivity index (χ0n) is 15.6. The van der Waals surface area contributed by atoms with Crippen LogP contribution in [0.4, 0.5) is 11.4 Å². The molecule has 2 heterocycles. The predicted molar refractivity (Wildman–Crippen MR) is 105 cm³/mol. The minimum atomic E-state index is -0.446. The van der Waals surface area contributed by atoms with E-state index < -0.39 is 11.8 Å².